The van der Waals surface area contributed by atoms with E-state index in [9.17, 15) is 23.2 Å². The average Bonchev–Trinajstić information content (AvgIpc) is 3.49. The van der Waals surface area contributed by atoms with Crippen LogP contribution >= 0.6 is 0 Å². The van der Waals surface area contributed by atoms with Crippen LogP contribution in [0.25, 0.3) is 11.4 Å². The number of aryl methyl sites for hydroxylation is 1. The minimum atomic E-state index is -0.607. The van der Waals surface area contributed by atoms with Crippen molar-refractivity contribution in [3.63, 3.8) is 0 Å². The molecule has 0 atom stereocenters. The molecule has 224 valence electrons. The number of nitrogens with one attached hydrogen (secondary N) is 3. The second-order valence-corrected chi connectivity index (χ2v) is 9.88. The SMILES string of the molecule is COC(=O)CNCCCNC(=O)c1c[nH]c(-c2cc(Oc3ccc(CC(=O)Cc4cc(C)ccc4F)c(F)c3)ccn2)c1. The molecule has 2 heterocycles. The number of rotatable bonds is 14. The Kier molecular flexibility index (Phi) is 10.7. The zero-order chi connectivity index (χ0) is 30.8. The third kappa shape index (κ3) is 9.04. The summed E-state index contributed by atoms with van der Waals surface area (Å²) in [5, 5.41) is 5.74. The molecule has 4 rings (SSSR count). The van der Waals surface area contributed by atoms with Crippen LogP contribution in [0.4, 0.5) is 8.78 Å². The van der Waals surface area contributed by atoms with E-state index in [2.05, 4.69) is 25.3 Å². The van der Waals surface area contributed by atoms with Gasteiger partial charge < -0.3 is 25.1 Å². The number of ether oxygens (including phenoxy) is 2. The Hall–Kier alpha value is -4.90. The first-order valence-electron chi connectivity index (χ1n) is 13.7. The Bertz CT molecular complexity index is 1600. The maximum absolute atomic E-state index is 14.8. The molecule has 3 N–H and O–H groups in total. The van der Waals surface area contributed by atoms with Crippen LogP contribution in [0.2, 0.25) is 0 Å². The van der Waals surface area contributed by atoms with E-state index in [0.717, 1.165) is 5.56 Å². The topological polar surface area (TPSA) is 122 Å². The van der Waals surface area contributed by atoms with Gasteiger partial charge in [0.15, 0.2) is 0 Å². The number of halogens is 2. The molecule has 0 aliphatic rings. The van der Waals surface area contributed by atoms with Crippen LogP contribution in [0, 0.1) is 18.6 Å². The predicted octanol–water partition coefficient (Wildman–Crippen LogP) is 4.69. The standard InChI is InChI=1S/C32H32F2N4O5/c1-20-4-7-27(33)22(12-20)14-24(39)13-21-5-6-25(16-28(21)34)43-26-8-11-36-30(17-26)29-15-23(18-38-29)32(41)37-10-3-9-35-19-31(40)42-2/h4-8,11-12,15-18,35,38H,3,9-10,13-14,19H2,1-2H3,(H,37,41). The van der Waals surface area contributed by atoms with Gasteiger partial charge in [-0.2, -0.15) is 0 Å². The van der Waals surface area contributed by atoms with Crippen molar-refractivity contribution >= 4 is 17.7 Å². The second-order valence-electron chi connectivity index (χ2n) is 9.88. The number of nitrogens with zero attached hydrogens (tertiary/aromatic N) is 1. The third-order valence-electron chi connectivity index (χ3n) is 6.50. The van der Waals surface area contributed by atoms with Gasteiger partial charge in [0.05, 0.1) is 30.6 Å². The van der Waals surface area contributed by atoms with Crippen LogP contribution in [0.3, 0.4) is 0 Å². The van der Waals surface area contributed by atoms with Crippen molar-refractivity contribution in [1.29, 1.82) is 0 Å². The van der Waals surface area contributed by atoms with Crippen LogP contribution in [-0.4, -0.2) is 54.4 Å². The van der Waals surface area contributed by atoms with Crippen molar-refractivity contribution in [3.05, 3.63) is 101 Å². The summed E-state index contributed by atoms with van der Waals surface area (Å²) in [4.78, 5) is 43.4. The Morgan fingerprint density at radius 3 is 2.49 bits per heavy atom. The van der Waals surface area contributed by atoms with Gasteiger partial charge in [0, 0.05) is 43.9 Å². The van der Waals surface area contributed by atoms with Gasteiger partial charge in [-0.25, -0.2) is 8.78 Å². The third-order valence-corrected chi connectivity index (χ3v) is 6.50. The number of hydrogen-bond acceptors (Lipinski definition) is 7. The lowest BCUT2D eigenvalue weighted by Gasteiger charge is -2.09. The molecule has 0 radical (unpaired) electrons. The highest BCUT2D eigenvalue weighted by molar-refractivity contribution is 5.95. The smallest absolute Gasteiger partial charge is 0.319 e. The van der Waals surface area contributed by atoms with Gasteiger partial charge in [-0.1, -0.05) is 23.8 Å². The zero-order valence-corrected chi connectivity index (χ0v) is 23.8. The highest BCUT2D eigenvalue weighted by atomic mass is 19.1. The highest BCUT2D eigenvalue weighted by Crippen LogP contribution is 2.27. The van der Waals surface area contributed by atoms with E-state index in [0.29, 0.717) is 42.2 Å². The van der Waals surface area contributed by atoms with Gasteiger partial charge in [-0.15, -0.1) is 0 Å². The van der Waals surface area contributed by atoms with Gasteiger partial charge >= 0.3 is 5.97 Å². The monoisotopic (exact) mass is 590 g/mol. The normalized spacial score (nSPS) is 10.8. The minimum Gasteiger partial charge on any atom is -0.468 e. The fourth-order valence-electron chi connectivity index (χ4n) is 4.27. The Morgan fingerprint density at radius 1 is 0.907 bits per heavy atom. The summed E-state index contributed by atoms with van der Waals surface area (Å²) in [6.07, 6.45) is 3.43. The van der Waals surface area contributed by atoms with Gasteiger partial charge in [0.1, 0.15) is 28.9 Å². The Morgan fingerprint density at radius 2 is 1.70 bits per heavy atom. The summed E-state index contributed by atoms with van der Waals surface area (Å²) < 4.78 is 39.2. The number of carbonyl (C=O) groups excluding carboxylic acids is 3. The number of amides is 1. The van der Waals surface area contributed by atoms with Gasteiger partial charge in [0.2, 0.25) is 0 Å². The molecule has 11 heteroatoms. The van der Waals surface area contributed by atoms with Gasteiger partial charge in [0.25, 0.3) is 5.91 Å². The van der Waals surface area contributed by atoms with Crippen LogP contribution in [0.5, 0.6) is 11.5 Å². The minimum absolute atomic E-state index is 0.112. The van der Waals surface area contributed by atoms with E-state index in [1.807, 2.05) is 6.92 Å². The first-order valence-corrected chi connectivity index (χ1v) is 13.7. The number of pyridine rings is 1. The lowest BCUT2D eigenvalue weighted by atomic mass is 10.0. The lowest BCUT2D eigenvalue weighted by molar-refractivity contribution is -0.139. The molecule has 0 aliphatic carbocycles. The molecular weight excluding hydrogens is 558 g/mol. The van der Waals surface area contributed by atoms with Crippen LogP contribution in [0.1, 0.15) is 33.5 Å². The van der Waals surface area contributed by atoms with E-state index in [4.69, 9.17) is 4.74 Å². The fourth-order valence-corrected chi connectivity index (χ4v) is 4.27. The zero-order valence-electron chi connectivity index (χ0n) is 23.8. The average molecular weight is 591 g/mol. The quantitative estimate of drug-likeness (QED) is 0.144. The number of methoxy groups -OCH3 is 1. The fraction of sp³-hybridized carbons (Fsp3) is 0.250. The highest BCUT2D eigenvalue weighted by Gasteiger charge is 2.14. The van der Waals surface area contributed by atoms with Crippen molar-refractivity contribution < 1.29 is 32.6 Å². The number of carbonyl (C=O) groups is 3. The maximum Gasteiger partial charge on any atom is 0.319 e. The number of benzene rings is 2. The van der Waals surface area contributed by atoms with E-state index in [1.165, 1.54) is 31.5 Å². The molecule has 43 heavy (non-hydrogen) atoms. The van der Waals surface area contributed by atoms with Gasteiger partial charge in [-0.3, -0.25) is 19.4 Å². The van der Waals surface area contributed by atoms with E-state index < -0.39 is 11.6 Å². The summed E-state index contributed by atoms with van der Waals surface area (Å²) in [6.45, 7) is 2.89. The molecular formula is C32H32F2N4O5. The largest absolute Gasteiger partial charge is 0.468 e. The van der Waals surface area contributed by atoms with Crippen LogP contribution in [-0.2, 0) is 27.2 Å². The predicted molar refractivity (Wildman–Crippen MR) is 156 cm³/mol. The van der Waals surface area contributed by atoms with Crippen molar-refractivity contribution in [3.8, 4) is 22.9 Å². The lowest BCUT2D eigenvalue weighted by Crippen LogP contribution is -2.29. The molecule has 0 spiro atoms. The second kappa shape index (κ2) is 14.8. The number of aromatic amines is 1. The van der Waals surface area contributed by atoms with E-state index in [-0.39, 0.29) is 53.9 Å². The molecule has 2 aromatic heterocycles. The van der Waals surface area contributed by atoms with Crippen molar-refractivity contribution in [2.75, 3.05) is 26.7 Å². The van der Waals surface area contributed by atoms with Crippen LogP contribution in [0.15, 0.2) is 67.0 Å². The Balaban J connectivity index is 1.31. The number of ketones is 1. The van der Waals surface area contributed by atoms with Crippen molar-refractivity contribution in [2.45, 2.75) is 26.2 Å². The molecule has 0 saturated carbocycles. The van der Waals surface area contributed by atoms with Gasteiger partial charge in [-0.05, 0) is 55.3 Å². The molecule has 9 nitrogen and oxygen atoms in total. The van der Waals surface area contributed by atoms with E-state index >= 15 is 0 Å². The summed E-state index contributed by atoms with van der Waals surface area (Å²) in [5.41, 5.74) is 2.83. The van der Waals surface area contributed by atoms with Crippen molar-refractivity contribution in [1.82, 2.24) is 20.6 Å². The molecule has 1 amide bonds. The molecule has 0 fully saturated rings. The first-order chi connectivity index (χ1) is 20.7. The summed E-state index contributed by atoms with van der Waals surface area (Å²) in [5.74, 6) is -1.37. The molecule has 0 saturated heterocycles. The number of aromatic nitrogens is 2. The molecule has 0 bridgehead atoms. The van der Waals surface area contributed by atoms with Crippen LogP contribution < -0.4 is 15.4 Å². The molecule has 0 unspecified atom stereocenters. The first kappa shape index (κ1) is 31.0. The summed E-state index contributed by atoms with van der Waals surface area (Å²) in [7, 11) is 1.32. The number of hydrogen-bond donors (Lipinski definition) is 3. The van der Waals surface area contributed by atoms with E-state index in [1.54, 1.807) is 42.6 Å². The number of H-pyrrole nitrogens is 1. The maximum atomic E-state index is 14.8. The molecule has 0 aliphatic heterocycles. The molecule has 4 aromatic rings. The van der Waals surface area contributed by atoms with Crippen molar-refractivity contribution in [2.24, 2.45) is 0 Å². The number of esters is 1. The summed E-state index contributed by atoms with van der Waals surface area (Å²) in [6, 6.07) is 13.7. The Labute approximate surface area is 247 Å². The molecule has 2 aromatic carbocycles. The summed E-state index contributed by atoms with van der Waals surface area (Å²) >= 11 is 0. The number of Topliss-reactive ketones (excluding diaryl/α,β-unsaturated/α-hetero) is 1.